The number of rotatable bonds is 9. The van der Waals surface area contributed by atoms with Crippen LogP contribution in [0.5, 0.6) is 5.75 Å². The maximum Gasteiger partial charge on any atom is 0.251 e. The van der Waals surface area contributed by atoms with Crippen molar-refractivity contribution in [2.45, 2.75) is 63.6 Å². The summed E-state index contributed by atoms with van der Waals surface area (Å²) < 4.78 is 31.5. The van der Waals surface area contributed by atoms with Crippen LogP contribution in [0.4, 0.5) is 0 Å². The number of carbonyl (C=O) groups excluding carboxylic acids is 1. The Morgan fingerprint density at radius 3 is 2.57 bits per heavy atom. The first-order valence-corrected chi connectivity index (χ1v) is 13.8. The molecule has 0 saturated heterocycles. The lowest BCUT2D eigenvalue weighted by molar-refractivity contribution is 0.0917. The number of ether oxygens (including phenoxy) is 1. The second-order valence-corrected chi connectivity index (χ2v) is 11.6. The molecule has 0 bridgehead atoms. The lowest BCUT2D eigenvalue weighted by Gasteiger charge is -2.21. The van der Waals surface area contributed by atoms with E-state index in [1.165, 1.54) is 6.07 Å². The Balaban J connectivity index is 1.47. The fraction of sp³-hybridized carbons (Fsp3) is 0.370. The average molecular weight is 523 g/mol. The van der Waals surface area contributed by atoms with Gasteiger partial charge >= 0.3 is 0 Å². The number of aryl methyl sites for hydroxylation is 1. The van der Waals surface area contributed by atoms with Crippen LogP contribution in [0.15, 0.2) is 53.8 Å². The Morgan fingerprint density at radius 2 is 1.95 bits per heavy atom. The van der Waals surface area contributed by atoms with E-state index in [1.54, 1.807) is 29.8 Å². The Labute approximate surface area is 216 Å². The van der Waals surface area contributed by atoms with Gasteiger partial charge < -0.3 is 19.7 Å². The van der Waals surface area contributed by atoms with Crippen LogP contribution in [0.1, 0.15) is 48.7 Å². The van der Waals surface area contributed by atoms with Gasteiger partial charge in [-0.1, -0.05) is 24.3 Å². The normalized spacial score (nSPS) is 15.6. The van der Waals surface area contributed by atoms with Crippen LogP contribution in [-0.2, 0) is 22.8 Å². The Hall–Kier alpha value is -3.68. The Kier molecular flexibility index (Phi) is 7.66. The molecule has 0 aliphatic carbocycles. The molecule has 1 aliphatic heterocycles. The minimum Gasteiger partial charge on any atom is -0.490 e. The molecule has 37 heavy (non-hydrogen) atoms. The third-order valence-corrected chi connectivity index (χ3v) is 7.64. The van der Waals surface area contributed by atoms with Gasteiger partial charge in [0.05, 0.1) is 29.2 Å². The number of hydrogen-bond donors (Lipinski definition) is 2. The SMILES string of the molecule is CC(O)C[C@H](Cc1ccc(-c2cn3c(n2)S(=O)(=O)CC3)cc1)NC(=O)c1ccc(OC(C)C)c(C#N)c1. The number of nitriles is 1. The summed E-state index contributed by atoms with van der Waals surface area (Å²) >= 11 is 0. The molecule has 2 N–H and O–H groups in total. The molecule has 0 saturated carbocycles. The van der Waals surface area contributed by atoms with E-state index in [2.05, 4.69) is 16.4 Å². The van der Waals surface area contributed by atoms with Crippen molar-refractivity contribution < 1.29 is 23.1 Å². The van der Waals surface area contributed by atoms with Crippen molar-refractivity contribution >= 4 is 15.7 Å². The number of sulfone groups is 1. The monoisotopic (exact) mass is 522 g/mol. The topological polar surface area (TPSA) is 134 Å². The third-order valence-electron chi connectivity index (χ3n) is 6.04. The molecular weight excluding hydrogens is 492 g/mol. The van der Waals surface area contributed by atoms with E-state index in [1.807, 2.05) is 38.1 Å². The number of imidazole rings is 1. The summed E-state index contributed by atoms with van der Waals surface area (Å²) in [5.41, 5.74) is 2.94. The predicted molar refractivity (Wildman–Crippen MR) is 138 cm³/mol. The van der Waals surface area contributed by atoms with Gasteiger partial charge in [-0.15, -0.1) is 0 Å². The van der Waals surface area contributed by atoms with Gasteiger partial charge in [-0.25, -0.2) is 13.4 Å². The zero-order chi connectivity index (χ0) is 26.7. The molecule has 0 radical (unpaired) electrons. The molecule has 194 valence electrons. The van der Waals surface area contributed by atoms with Crippen molar-refractivity contribution in [3.63, 3.8) is 0 Å². The number of aliphatic hydroxyl groups excluding tert-OH is 1. The van der Waals surface area contributed by atoms with Gasteiger partial charge in [0.1, 0.15) is 11.8 Å². The van der Waals surface area contributed by atoms with Crippen LogP contribution < -0.4 is 10.1 Å². The van der Waals surface area contributed by atoms with Crippen molar-refractivity contribution in [2.75, 3.05) is 5.75 Å². The molecule has 3 aromatic rings. The second kappa shape index (κ2) is 10.7. The van der Waals surface area contributed by atoms with Gasteiger partial charge in [-0.3, -0.25) is 4.79 Å². The van der Waals surface area contributed by atoms with Gasteiger partial charge in [-0.05, 0) is 57.4 Å². The van der Waals surface area contributed by atoms with E-state index in [-0.39, 0.29) is 34.5 Å². The summed E-state index contributed by atoms with van der Waals surface area (Å²) in [6.07, 6.45) is 1.84. The molecule has 0 fully saturated rings. The Bertz CT molecular complexity index is 1440. The molecule has 1 unspecified atom stereocenters. The smallest absolute Gasteiger partial charge is 0.251 e. The van der Waals surface area contributed by atoms with Crippen molar-refractivity contribution in [3.8, 4) is 23.1 Å². The summed E-state index contributed by atoms with van der Waals surface area (Å²) in [5, 5.41) is 22.6. The molecule has 1 amide bonds. The van der Waals surface area contributed by atoms with Gasteiger partial charge in [0, 0.05) is 29.9 Å². The lowest BCUT2D eigenvalue weighted by Crippen LogP contribution is -2.38. The van der Waals surface area contributed by atoms with Gasteiger partial charge in [-0.2, -0.15) is 5.26 Å². The maximum absolute atomic E-state index is 13.0. The van der Waals surface area contributed by atoms with Gasteiger partial charge in [0.25, 0.3) is 5.91 Å². The van der Waals surface area contributed by atoms with E-state index in [0.717, 1.165) is 11.1 Å². The summed E-state index contributed by atoms with van der Waals surface area (Å²) in [5.74, 6) is 0.164. The lowest BCUT2D eigenvalue weighted by atomic mass is 9.99. The molecular formula is C27H30N4O5S. The standard InChI is InChI=1S/C27H30N4O5S/c1-17(2)36-25-9-8-21(14-22(25)15-28)26(33)29-23(12-18(3)32)13-19-4-6-20(7-5-19)24-16-31-10-11-37(34,35)27(31)30-24/h4-9,14,16-18,23,32H,10-13H2,1-3H3,(H,29,33)/t18?,23-/m1/s1. The van der Waals surface area contributed by atoms with Crippen LogP contribution in [0.25, 0.3) is 11.3 Å². The molecule has 2 atom stereocenters. The molecule has 1 aromatic heterocycles. The maximum atomic E-state index is 13.0. The van der Waals surface area contributed by atoms with Crippen LogP contribution >= 0.6 is 0 Å². The minimum atomic E-state index is -3.31. The number of carbonyl (C=O) groups is 1. The first kappa shape index (κ1) is 26.4. The summed E-state index contributed by atoms with van der Waals surface area (Å²) in [6, 6.07) is 14.0. The van der Waals surface area contributed by atoms with E-state index >= 15 is 0 Å². The number of hydrogen-bond acceptors (Lipinski definition) is 7. The zero-order valence-electron chi connectivity index (χ0n) is 21.0. The Morgan fingerprint density at radius 1 is 1.22 bits per heavy atom. The van der Waals surface area contributed by atoms with Crippen molar-refractivity contribution in [1.29, 1.82) is 5.26 Å². The van der Waals surface area contributed by atoms with E-state index in [4.69, 9.17) is 4.74 Å². The molecule has 4 rings (SSSR count). The van der Waals surface area contributed by atoms with Crippen molar-refractivity contribution in [1.82, 2.24) is 14.9 Å². The van der Waals surface area contributed by atoms with Gasteiger partial charge in [0.15, 0.2) is 0 Å². The van der Waals surface area contributed by atoms with Crippen molar-refractivity contribution in [2.24, 2.45) is 0 Å². The highest BCUT2D eigenvalue weighted by Gasteiger charge is 2.29. The largest absolute Gasteiger partial charge is 0.490 e. The molecule has 0 spiro atoms. The number of amides is 1. The minimum absolute atomic E-state index is 0.0820. The van der Waals surface area contributed by atoms with E-state index < -0.39 is 15.9 Å². The highest BCUT2D eigenvalue weighted by Crippen LogP contribution is 2.26. The number of nitrogens with one attached hydrogen (secondary N) is 1. The fourth-order valence-corrected chi connectivity index (χ4v) is 5.70. The molecule has 10 heteroatoms. The first-order valence-electron chi connectivity index (χ1n) is 12.1. The highest BCUT2D eigenvalue weighted by molar-refractivity contribution is 7.91. The predicted octanol–water partition coefficient (Wildman–Crippen LogP) is 3.11. The number of nitrogens with zero attached hydrogens (tertiary/aromatic N) is 3. The second-order valence-electron chi connectivity index (χ2n) is 9.57. The molecule has 2 aromatic carbocycles. The third kappa shape index (κ3) is 6.18. The summed E-state index contributed by atoms with van der Waals surface area (Å²) in [7, 11) is -3.31. The number of aromatic nitrogens is 2. The number of benzene rings is 2. The van der Waals surface area contributed by atoms with E-state index in [0.29, 0.717) is 36.4 Å². The van der Waals surface area contributed by atoms with Crippen LogP contribution in [-0.4, -0.2) is 53.0 Å². The number of fused-ring (bicyclic) bond motifs is 1. The average Bonchev–Trinajstić information content (AvgIpc) is 3.39. The fourth-order valence-electron chi connectivity index (χ4n) is 4.34. The summed E-state index contributed by atoms with van der Waals surface area (Å²) in [4.78, 5) is 17.3. The molecule has 1 aliphatic rings. The van der Waals surface area contributed by atoms with Crippen LogP contribution in [0, 0.1) is 11.3 Å². The van der Waals surface area contributed by atoms with Crippen molar-refractivity contribution in [3.05, 3.63) is 65.4 Å². The molecule has 9 nitrogen and oxygen atoms in total. The van der Waals surface area contributed by atoms with Gasteiger partial charge in [0.2, 0.25) is 15.0 Å². The van der Waals surface area contributed by atoms with Crippen LogP contribution in [0.2, 0.25) is 0 Å². The highest BCUT2D eigenvalue weighted by atomic mass is 32.2. The quantitative estimate of drug-likeness (QED) is 0.441. The van der Waals surface area contributed by atoms with E-state index in [9.17, 15) is 23.6 Å². The first-order chi connectivity index (χ1) is 17.6. The zero-order valence-corrected chi connectivity index (χ0v) is 21.8. The van der Waals surface area contributed by atoms with Crippen LogP contribution in [0.3, 0.4) is 0 Å². The number of aliphatic hydroxyl groups is 1. The summed E-state index contributed by atoms with van der Waals surface area (Å²) in [6.45, 7) is 5.80. The molecule has 2 heterocycles.